The minimum atomic E-state index is -4.39. The van der Waals surface area contributed by atoms with Crippen molar-refractivity contribution in [2.45, 2.75) is 19.1 Å². The number of anilines is 1. The van der Waals surface area contributed by atoms with Gasteiger partial charge in [-0.1, -0.05) is 36.4 Å². The van der Waals surface area contributed by atoms with Crippen LogP contribution in [0.15, 0.2) is 66.7 Å². The molecule has 0 fully saturated rings. The molecule has 0 saturated carbocycles. The molecule has 3 aromatic rings. The normalized spacial score (nSPS) is 13.6. The molecule has 0 bridgehead atoms. The van der Waals surface area contributed by atoms with Gasteiger partial charge in [0.15, 0.2) is 0 Å². The molecule has 0 aliphatic carbocycles. The van der Waals surface area contributed by atoms with Gasteiger partial charge < -0.3 is 10.6 Å². The number of hydrogen-bond acceptors (Lipinski definition) is 2. The molecule has 6 heteroatoms. The summed E-state index contributed by atoms with van der Waals surface area (Å²) in [6, 6.07) is 17.6. The Kier molecular flexibility index (Phi) is 5.11. The number of carbonyl (C=O) groups excluding carboxylic acids is 1. The highest BCUT2D eigenvalue weighted by Gasteiger charge is 2.30. The average molecular weight is 396 g/mol. The first-order chi connectivity index (χ1) is 13.9. The van der Waals surface area contributed by atoms with E-state index in [4.69, 9.17) is 0 Å². The van der Waals surface area contributed by atoms with E-state index >= 15 is 0 Å². The summed E-state index contributed by atoms with van der Waals surface area (Å²) in [5.41, 5.74) is 3.97. The van der Waals surface area contributed by atoms with Crippen LogP contribution in [0, 0.1) is 0 Å². The molecule has 29 heavy (non-hydrogen) atoms. The fourth-order valence-corrected chi connectivity index (χ4v) is 3.53. The standard InChI is InChI=1S/C23H19F3N2O/c24-23(25,26)18-8-5-15(6-9-18)20-3-1-2-4-21(20)22(29)28-19-10-7-17-14-27-12-11-16(17)13-19/h1-10,13,27H,11-12,14H2,(H,28,29). The molecule has 0 unspecified atom stereocenters. The van der Waals surface area contributed by atoms with Crippen molar-refractivity contribution in [1.82, 2.24) is 5.32 Å². The number of hydrogen-bond donors (Lipinski definition) is 2. The lowest BCUT2D eigenvalue weighted by Crippen LogP contribution is -2.23. The Bertz CT molecular complexity index is 1040. The van der Waals surface area contributed by atoms with Crippen molar-refractivity contribution in [2.24, 2.45) is 0 Å². The maximum Gasteiger partial charge on any atom is 0.416 e. The lowest BCUT2D eigenvalue weighted by molar-refractivity contribution is -0.137. The second-order valence-corrected chi connectivity index (χ2v) is 6.99. The van der Waals surface area contributed by atoms with Gasteiger partial charge in [0.05, 0.1) is 5.56 Å². The van der Waals surface area contributed by atoms with Gasteiger partial charge in [0.2, 0.25) is 0 Å². The highest BCUT2D eigenvalue weighted by molar-refractivity contribution is 6.08. The van der Waals surface area contributed by atoms with E-state index in [0.717, 1.165) is 31.6 Å². The Balaban J connectivity index is 1.60. The van der Waals surface area contributed by atoms with E-state index in [1.165, 1.54) is 23.3 Å². The van der Waals surface area contributed by atoms with E-state index in [9.17, 15) is 18.0 Å². The van der Waals surface area contributed by atoms with Gasteiger partial charge >= 0.3 is 6.18 Å². The molecule has 1 heterocycles. The first kappa shape index (κ1) is 19.2. The van der Waals surface area contributed by atoms with Crippen molar-refractivity contribution >= 4 is 11.6 Å². The zero-order valence-electron chi connectivity index (χ0n) is 15.5. The van der Waals surface area contributed by atoms with Crippen LogP contribution in [-0.4, -0.2) is 12.5 Å². The summed E-state index contributed by atoms with van der Waals surface area (Å²) in [7, 11) is 0. The highest BCUT2D eigenvalue weighted by atomic mass is 19.4. The fraction of sp³-hybridized carbons (Fsp3) is 0.174. The number of alkyl halides is 3. The molecule has 1 aliphatic rings. The first-order valence-corrected chi connectivity index (χ1v) is 9.32. The molecule has 1 aliphatic heterocycles. The third-order valence-electron chi connectivity index (χ3n) is 5.05. The number of fused-ring (bicyclic) bond motifs is 1. The zero-order valence-corrected chi connectivity index (χ0v) is 15.5. The Morgan fingerprint density at radius 3 is 2.45 bits per heavy atom. The number of halogens is 3. The van der Waals surface area contributed by atoms with Crippen molar-refractivity contribution in [1.29, 1.82) is 0 Å². The summed E-state index contributed by atoms with van der Waals surface area (Å²) in [5.74, 6) is -0.297. The lowest BCUT2D eigenvalue weighted by atomic mass is 9.97. The molecule has 0 radical (unpaired) electrons. The number of rotatable bonds is 3. The van der Waals surface area contributed by atoms with E-state index in [1.54, 1.807) is 24.3 Å². The molecular formula is C23H19F3N2O. The zero-order chi connectivity index (χ0) is 20.4. The highest BCUT2D eigenvalue weighted by Crippen LogP contribution is 2.32. The van der Waals surface area contributed by atoms with Crippen LogP contribution in [0.1, 0.15) is 27.0 Å². The Morgan fingerprint density at radius 1 is 0.931 bits per heavy atom. The minimum Gasteiger partial charge on any atom is -0.322 e. The van der Waals surface area contributed by atoms with E-state index in [1.807, 2.05) is 18.2 Å². The topological polar surface area (TPSA) is 41.1 Å². The lowest BCUT2D eigenvalue weighted by Gasteiger charge is -2.18. The molecule has 148 valence electrons. The average Bonchev–Trinajstić information content (AvgIpc) is 2.73. The van der Waals surface area contributed by atoms with E-state index in [2.05, 4.69) is 10.6 Å². The maximum absolute atomic E-state index is 12.9. The molecule has 0 aromatic heterocycles. The number of nitrogens with one attached hydrogen (secondary N) is 2. The van der Waals surface area contributed by atoms with Crippen molar-refractivity contribution in [3.63, 3.8) is 0 Å². The van der Waals surface area contributed by atoms with E-state index < -0.39 is 11.7 Å². The van der Waals surface area contributed by atoms with Crippen LogP contribution in [0.25, 0.3) is 11.1 Å². The Hall–Kier alpha value is -3.12. The van der Waals surface area contributed by atoms with Crippen LogP contribution < -0.4 is 10.6 Å². The SMILES string of the molecule is O=C(Nc1ccc2c(c1)CCNC2)c1ccccc1-c1ccc(C(F)(F)F)cc1. The van der Waals surface area contributed by atoms with Crippen LogP contribution in [0.5, 0.6) is 0 Å². The third kappa shape index (κ3) is 4.17. The van der Waals surface area contributed by atoms with Gasteiger partial charge in [-0.25, -0.2) is 0 Å². The molecule has 4 rings (SSSR count). The van der Waals surface area contributed by atoms with Gasteiger partial charge in [0.25, 0.3) is 5.91 Å². The number of benzene rings is 3. The summed E-state index contributed by atoms with van der Waals surface area (Å²) in [4.78, 5) is 12.9. The molecule has 3 nitrogen and oxygen atoms in total. The van der Waals surface area contributed by atoms with Crippen molar-refractivity contribution < 1.29 is 18.0 Å². The molecule has 0 spiro atoms. The predicted octanol–water partition coefficient (Wildman–Crippen LogP) is 5.27. The van der Waals surface area contributed by atoms with Crippen molar-refractivity contribution in [3.05, 3.63) is 89.0 Å². The van der Waals surface area contributed by atoms with Crippen LogP contribution in [0.2, 0.25) is 0 Å². The maximum atomic E-state index is 12.9. The quantitative estimate of drug-likeness (QED) is 0.633. The van der Waals surface area contributed by atoms with Gasteiger partial charge in [-0.3, -0.25) is 4.79 Å². The molecule has 0 atom stereocenters. The summed E-state index contributed by atoms with van der Waals surface area (Å²) in [6.45, 7) is 1.72. The van der Waals surface area contributed by atoms with Gasteiger partial charge in [-0.15, -0.1) is 0 Å². The second kappa shape index (κ2) is 7.72. The summed E-state index contributed by atoms with van der Waals surface area (Å²) >= 11 is 0. The Labute approximate surface area is 166 Å². The number of carbonyl (C=O) groups is 1. The molecule has 2 N–H and O–H groups in total. The van der Waals surface area contributed by atoms with Gasteiger partial charge in [0.1, 0.15) is 0 Å². The summed E-state index contributed by atoms with van der Waals surface area (Å²) in [6.07, 6.45) is -3.49. The monoisotopic (exact) mass is 396 g/mol. The second-order valence-electron chi connectivity index (χ2n) is 6.99. The predicted molar refractivity (Wildman–Crippen MR) is 107 cm³/mol. The summed E-state index contributed by atoms with van der Waals surface area (Å²) in [5, 5.41) is 6.22. The first-order valence-electron chi connectivity index (χ1n) is 9.32. The van der Waals surface area contributed by atoms with Crippen molar-refractivity contribution in [2.75, 3.05) is 11.9 Å². The molecule has 1 amide bonds. The van der Waals surface area contributed by atoms with Crippen LogP contribution in [0.3, 0.4) is 0 Å². The van der Waals surface area contributed by atoms with Crippen LogP contribution >= 0.6 is 0 Å². The third-order valence-corrected chi connectivity index (χ3v) is 5.05. The van der Waals surface area contributed by atoms with Crippen LogP contribution in [0.4, 0.5) is 18.9 Å². The van der Waals surface area contributed by atoms with E-state index in [0.29, 0.717) is 22.4 Å². The van der Waals surface area contributed by atoms with E-state index in [-0.39, 0.29) is 5.91 Å². The summed E-state index contributed by atoms with van der Waals surface area (Å²) < 4.78 is 38.5. The van der Waals surface area contributed by atoms with Gasteiger partial charge in [-0.2, -0.15) is 13.2 Å². The van der Waals surface area contributed by atoms with Gasteiger partial charge in [-0.05, 0) is 65.6 Å². The molecular weight excluding hydrogens is 377 g/mol. The number of amides is 1. The minimum absolute atomic E-state index is 0.297. The fourth-order valence-electron chi connectivity index (χ4n) is 3.53. The largest absolute Gasteiger partial charge is 0.416 e. The molecule has 3 aromatic carbocycles. The van der Waals surface area contributed by atoms with Gasteiger partial charge in [0, 0.05) is 17.8 Å². The van der Waals surface area contributed by atoms with Crippen LogP contribution in [-0.2, 0) is 19.1 Å². The van der Waals surface area contributed by atoms with Crippen molar-refractivity contribution in [3.8, 4) is 11.1 Å². The Morgan fingerprint density at radius 2 is 1.69 bits per heavy atom. The molecule has 0 saturated heterocycles. The smallest absolute Gasteiger partial charge is 0.322 e.